The average molecular weight is 431 g/mol. The van der Waals surface area contributed by atoms with Crippen LogP contribution in [0.25, 0.3) is 0 Å². The van der Waals surface area contributed by atoms with Crippen LogP contribution in [0.2, 0.25) is 0 Å². The fraction of sp³-hybridized carbons (Fsp3) is 0.444. The molecule has 5 rings (SSSR count). The van der Waals surface area contributed by atoms with Crippen LogP contribution in [0.4, 0.5) is 5.69 Å². The quantitative estimate of drug-likeness (QED) is 0.724. The first-order valence-electron chi connectivity index (χ1n) is 11.7. The normalized spacial score (nSPS) is 24.2. The monoisotopic (exact) mass is 430 g/mol. The summed E-state index contributed by atoms with van der Waals surface area (Å²) in [5.74, 6) is 8.01. The van der Waals surface area contributed by atoms with E-state index in [0.717, 1.165) is 66.8 Å². The zero-order valence-corrected chi connectivity index (χ0v) is 18.5. The molecule has 5 heteroatoms. The fourth-order valence-electron chi connectivity index (χ4n) is 5.61. The van der Waals surface area contributed by atoms with Crippen LogP contribution in [-0.4, -0.2) is 42.2 Å². The van der Waals surface area contributed by atoms with Gasteiger partial charge in [-0.1, -0.05) is 24.7 Å². The Hall–Kier alpha value is -2.97. The Labute approximate surface area is 189 Å². The molecule has 0 radical (unpaired) electrons. The van der Waals surface area contributed by atoms with Crippen LogP contribution >= 0.6 is 0 Å². The molecule has 1 saturated carbocycles. The summed E-state index contributed by atoms with van der Waals surface area (Å²) in [6.07, 6.45) is 5.24. The van der Waals surface area contributed by atoms with Crippen LogP contribution in [0.3, 0.4) is 0 Å². The van der Waals surface area contributed by atoms with Crippen molar-refractivity contribution in [2.45, 2.75) is 44.2 Å². The molecule has 1 saturated heterocycles. The number of hydrogen-bond donors (Lipinski definition) is 2. The number of methoxy groups -OCH3 is 1. The summed E-state index contributed by atoms with van der Waals surface area (Å²) in [6.45, 7) is 0.842. The predicted octanol–water partition coefficient (Wildman–Crippen LogP) is 3.96. The summed E-state index contributed by atoms with van der Waals surface area (Å²) >= 11 is 0. The Morgan fingerprint density at radius 1 is 1.09 bits per heavy atom. The highest BCUT2D eigenvalue weighted by molar-refractivity contribution is 5.80. The number of likely N-dealkylation sites (tertiary alicyclic amines) is 1. The number of hydrogen-bond acceptors (Lipinski definition) is 4. The van der Waals surface area contributed by atoms with Gasteiger partial charge in [0.05, 0.1) is 25.8 Å². The molecule has 2 aliphatic heterocycles. The molecule has 1 aliphatic carbocycles. The largest absolute Gasteiger partial charge is 0.497 e. The second kappa shape index (κ2) is 8.88. The maximum Gasteiger partial charge on any atom is 0.226 e. The highest BCUT2D eigenvalue weighted by Crippen LogP contribution is 2.47. The molecule has 2 fully saturated rings. The van der Waals surface area contributed by atoms with Gasteiger partial charge in [0.1, 0.15) is 5.75 Å². The number of aliphatic hydroxyl groups excluding tert-OH is 1. The number of nitrogens with one attached hydrogen (secondary N) is 1. The van der Waals surface area contributed by atoms with E-state index < -0.39 is 0 Å². The Morgan fingerprint density at radius 3 is 2.53 bits per heavy atom. The maximum atomic E-state index is 13.4. The SMILES string of the molecule is COc1ccc(C#Cc2ccc3c(c2)[C@@H]2[C@@H](CCN2C(=O)C2CCCC2)[C@@H](CO)N3)cc1. The molecule has 2 aromatic rings. The van der Waals surface area contributed by atoms with Gasteiger partial charge in [0.25, 0.3) is 0 Å². The lowest BCUT2D eigenvalue weighted by Crippen LogP contribution is -2.44. The van der Waals surface area contributed by atoms with Crippen molar-refractivity contribution >= 4 is 11.6 Å². The molecular formula is C27H30N2O3. The van der Waals surface area contributed by atoms with Crippen LogP contribution < -0.4 is 10.1 Å². The number of carbonyl (C=O) groups is 1. The van der Waals surface area contributed by atoms with Crippen molar-refractivity contribution in [2.75, 3.05) is 25.6 Å². The van der Waals surface area contributed by atoms with E-state index in [2.05, 4.69) is 28.1 Å². The van der Waals surface area contributed by atoms with Crippen LogP contribution in [-0.2, 0) is 4.79 Å². The van der Waals surface area contributed by atoms with Gasteiger partial charge in [-0.05, 0) is 67.3 Å². The molecule has 3 aliphatic rings. The average Bonchev–Trinajstić information content (AvgIpc) is 3.53. The van der Waals surface area contributed by atoms with E-state index in [1.165, 1.54) is 0 Å². The second-order valence-electron chi connectivity index (χ2n) is 9.12. The Morgan fingerprint density at radius 2 is 1.81 bits per heavy atom. The Kier molecular flexibility index (Phi) is 5.80. The van der Waals surface area contributed by atoms with Gasteiger partial charge in [-0.15, -0.1) is 0 Å². The van der Waals surface area contributed by atoms with Crippen molar-refractivity contribution in [3.05, 3.63) is 59.2 Å². The molecule has 166 valence electrons. The van der Waals surface area contributed by atoms with E-state index in [0.29, 0.717) is 5.91 Å². The second-order valence-corrected chi connectivity index (χ2v) is 9.12. The third kappa shape index (κ3) is 3.84. The first kappa shape index (κ1) is 20.9. The fourth-order valence-corrected chi connectivity index (χ4v) is 5.61. The lowest BCUT2D eigenvalue weighted by molar-refractivity contribution is -0.136. The van der Waals surface area contributed by atoms with E-state index in [1.54, 1.807) is 7.11 Å². The molecule has 0 bridgehead atoms. The van der Waals surface area contributed by atoms with Crippen LogP contribution in [0.1, 0.15) is 54.8 Å². The highest BCUT2D eigenvalue weighted by atomic mass is 16.5. The minimum absolute atomic E-state index is 0.0132. The first-order valence-corrected chi connectivity index (χ1v) is 11.7. The Bertz CT molecular complexity index is 1050. The Balaban J connectivity index is 1.46. The molecule has 1 amide bonds. The topological polar surface area (TPSA) is 61.8 Å². The van der Waals surface area contributed by atoms with Crippen molar-refractivity contribution in [1.82, 2.24) is 4.90 Å². The molecule has 0 spiro atoms. The van der Waals surface area contributed by atoms with Crippen molar-refractivity contribution in [2.24, 2.45) is 11.8 Å². The number of benzene rings is 2. The summed E-state index contributed by atoms with van der Waals surface area (Å²) in [5, 5.41) is 13.5. The summed E-state index contributed by atoms with van der Waals surface area (Å²) in [4.78, 5) is 15.5. The minimum atomic E-state index is -0.0230. The highest BCUT2D eigenvalue weighted by Gasteiger charge is 2.46. The van der Waals surface area contributed by atoms with Crippen LogP contribution in [0.5, 0.6) is 5.75 Å². The van der Waals surface area contributed by atoms with Crippen molar-refractivity contribution < 1.29 is 14.6 Å². The molecule has 5 nitrogen and oxygen atoms in total. The number of fused-ring (bicyclic) bond motifs is 3. The standard InChI is InChI=1S/C27H30N2O3/c1-32-21-11-8-18(9-12-21)6-7-19-10-13-24-23(16-19)26-22(25(17-30)28-24)14-15-29(26)27(31)20-4-2-3-5-20/h8-13,16,20,22,25-26,28,30H,2-5,14-15,17H2,1H3/t22-,25+,26-/m0/s1. The number of rotatable bonds is 3. The van der Waals surface area contributed by atoms with Gasteiger partial charge in [0, 0.05) is 35.2 Å². The lowest BCUT2D eigenvalue weighted by atomic mass is 9.82. The number of nitrogens with zero attached hydrogens (tertiary/aromatic N) is 1. The van der Waals surface area contributed by atoms with Crippen molar-refractivity contribution in [1.29, 1.82) is 0 Å². The first-order chi connectivity index (χ1) is 15.7. The zero-order valence-electron chi connectivity index (χ0n) is 18.5. The minimum Gasteiger partial charge on any atom is -0.497 e. The predicted molar refractivity (Wildman–Crippen MR) is 124 cm³/mol. The van der Waals surface area contributed by atoms with E-state index in [-0.39, 0.29) is 30.5 Å². The summed E-state index contributed by atoms with van der Waals surface area (Å²) < 4.78 is 5.21. The summed E-state index contributed by atoms with van der Waals surface area (Å²) in [5.41, 5.74) is 4.00. The maximum absolute atomic E-state index is 13.4. The lowest BCUT2D eigenvalue weighted by Gasteiger charge is -2.39. The van der Waals surface area contributed by atoms with E-state index in [4.69, 9.17) is 4.74 Å². The molecule has 2 heterocycles. The van der Waals surface area contributed by atoms with Crippen molar-refractivity contribution in [3.63, 3.8) is 0 Å². The van der Waals surface area contributed by atoms with E-state index in [9.17, 15) is 9.90 Å². The van der Waals surface area contributed by atoms with Crippen molar-refractivity contribution in [3.8, 4) is 17.6 Å². The number of anilines is 1. The van der Waals surface area contributed by atoms with Gasteiger partial charge in [0.2, 0.25) is 5.91 Å². The molecule has 0 unspecified atom stereocenters. The van der Waals surface area contributed by atoms with E-state index in [1.807, 2.05) is 36.4 Å². The number of amides is 1. The summed E-state index contributed by atoms with van der Waals surface area (Å²) in [6, 6.07) is 13.9. The third-order valence-electron chi connectivity index (χ3n) is 7.30. The molecular weight excluding hydrogens is 400 g/mol. The molecule has 2 aromatic carbocycles. The van der Waals surface area contributed by atoms with Gasteiger partial charge < -0.3 is 20.1 Å². The molecule has 2 N–H and O–H groups in total. The smallest absolute Gasteiger partial charge is 0.226 e. The van der Waals surface area contributed by atoms with Gasteiger partial charge in [0.15, 0.2) is 0 Å². The van der Waals surface area contributed by atoms with Gasteiger partial charge in [-0.25, -0.2) is 0 Å². The van der Waals surface area contributed by atoms with Crippen LogP contribution in [0.15, 0.2) is 42.5 Å². The zero-order chi connectivity index (χ0) is 22.1. The van der Waals surface area contributed by atoms with E-state index >= 15 is 0 Å². The van der Waals surface area contributed by atoms with Gasteiger partial charge >= 0.3 is 0 Å². The third-order valence-corrected chi connectivity index (χ3v) is 7.30. The molecule has 0 aromatic heterocycles. The molecule has 3 atom stereocenters. The molecule has 32 heavy (non-hydrogen) atoms. The van der Waals surface area contributed by atoms with Crippen LogP contribution in [0, 0.1) is 23.7 Å². The number of aliphatic hydroxyl groups is 1. The van der Waals surface area contributed by atoms with Gasteiger partial charge in [-0.2, -0.15) is 0 Å². The van der Waals surface area contributed by atoms with Gasteiger partial charge in [-0.3, -0.25) is 4.79 Å². The number of ether oxygens (including phenoxy) is 1. The summed E-state index contributed by atoms with van der Waals surface area (Å²) in [7, 11) is 1.65. The number of carbonyl (C=O) groups excluding carboxylic acids is 1.